The Morgan fingerprint density at radius 2 is 0.895 bits per heavy atom. The molecule has 2 aliphatic carbocycles. The zero-order chi connectivity index (χ0) is 14.7. The molecule has 0 heterocycles. The van der Waals surface area contributed by atoms with E-state index in [-0.39, 0.29) is 0 Å². The van der Waals surface area contributed by atoms with Crippen LogP contribution in [0.2, 0.25) is 0 Å². The fourth-order valence-electron chi connectivity index (χ4n) is 3.25. The van der Waals surface area contributed by atoms with E-state index in [1.807, 2.05) is 0 Å². The van der Waals surface area contributed by atoms with Crippen molar-refractivity contribution in [1.29, 1.82) is 0 Å². The molecular formula is C16H32Cl2Ti. The van der Waals surface area contributed by atoms with Crippen LogP contribution in [0.15, 0.2) is 0 Å². The van der Waals surface area contributed by atoms with E-state index >= 15 is 0 Å². The summed E-state index contributed by atoms with van der Waals surface area (Å²) in [6, 6.07) is 0. The van der Waals surface area contributed by atoms with E-state index in [2.05, 4.69) is 27.7 Å². The predicted molar refractivity (Wildman–Crippen MR) is 85.3 cm³/mol. The minimum atomic E-state index is -0.556. The molecular weight excluding hydrogens is 311 g/mol. The van der Waals surface area contributed by atoms with E-state index in [1.165, 1.54) is 51.4 Å². The van der Waals surface area contributed by atoms with E-state index in [0.29, 0.717) is 0 Å². The molecule has 0 bridgehead atoms. The van der Waals surface area contributed by atoms with Gasteiger partial charge in [0.1, 0.15) is 0 Å². The molecule has 0 spiro atoms. The molecule has 0 amide bonds. The summed E-state index contributed by atoms with van der Waals surface area (Å²) in [5.74, 6) is 4.01. The third kappa shape index (κ3) is 10.6. The van der Waals surface area contributed by atoms with Crippen molar-refractivity contribution in [2.45, 2.75) is 79.1 Å². The van der Waals surface area contributed by atoms with Gasteiger partial charge in [-0.1, -0.05) is 79.1 Å². The van der Waals surface area contributed by atoms with Crippen molar-refractivity contribution in [2.75, 3.05) is 0 Å². The van der Waals surface area contributed by atoms with Crippen LogP contribution in [0, 0.1) is 23.7 Å². The van der Waals surface area contributed by atoms with Gasteiger partial charge in [0.2, 0.25) is 0 Å². The van der Waals surface area contributed by atoms with Gasteiger partial charge in [-0.2, -0.15) is 0 Å². The van der Waals surface area contributed by atoms with Crippen molar-refractivity contribution < 1.29 is 17.0 Å². The van der Waals surface area contributed by atoms with Crippen LogP contribution in [0.1, 0.15) is 79.1 Å². The first-order valence-corrected chi connectivity index (χ1v) is 12.3. The molecule has 0 unspecified atom stereocenters. The molecule has 2 aliphatic rings. The molecule has 2 rings (SSSR count). The van der Waals surface area contributed by atoms with E-state index in [0.717, 1.165) is 23.7 Å². The number of hydrogen-bond acceptors (Lipinski definition) is 0. The molecule has 2 saturated carbocycles. The first kappa shape index (κ1) is 20.3. The summed E-state index contributed by atoms with van der Waals surface area (Å²) < 4.78 is 0. The molecule has 0 atom stereocenters. The van der Waals surface area contributed by atoms with Crippen molar-refractivity contribution in [3.8, 4) is 0 Å². The molecule has 0 aliphatic heterocycles. The van der Waals surface area contributed by atoms with Crippen LogP contribution in [0.25, 0.3) is 0 Å². The second kappa shape index (κ2) is 13.0. The third-order valence-corrected chi connectivity index (χ3v) is 4.69. The Morgan fingerprint density at radius 1 is 0.684 bits per heavy atom. The molecule has 0 aromatic heterocycles. The van der Waals surface area contributed by atoms with Crippen molar-refractivity contribution in [1.82, 2.24) is 0 Å². The van der Waals surface area contributed by atoms with Gasteiger partial charge in [0.25, 0.3) is 0 Å². The van der Waals surface area contributed by atoms with E-state index in [9.17, 15) is 0 Å². The standard InChI is InChI=1S/2C8H16.2ClH.Ti/c2*1-7(2)8-5-3-4-6-8;;;/h2*7-8H,3-6H2,1-2H3;2*1H;/q;;;;+2/p-2. The molecule has 114 valence electrons. The Bertz CT molecular complexity index is 163. The van der Waals surface area contributed by atoms with Crippen LogP contribution >= 0.6 is 18.6 Å². The molecule has 2 fully saturated rings. The molecule has 0 nitrogen and oxygen atoms in total. The first-order chi connectivity index (χ1) is 9.02. The summed E-state index contributed by atoms with van der Waals surface area (Å²) in [4.78, 5) is 0. The molecule has 0 aromatic carbocycles. The summed E-state index contributed by atoms with van der Waals surface area (Å²) >= 11 is -0.556. The maximum atomic E-state index is 4.89. The summed E-state index contributed by atoms with van der Waals surface area (Å²) in [6.45, 7) is 9.37. The van der Waals surface area contributed by atoms with Gasteiger partial charge >= 0.3 is 35.6 Å². The quantitative estimate of drug-likeness (QED) is 0.472. The average Bonchev–Trinajstić information content (AvgIpc) is 3.05. The van der Waals surface area contributed by atoms with Crippen molar-refractivity contribution in [2.24, 2.45) is 23.7 Å². The van der Waals surface area contributed by atoms with Gasteiger partial charge in [0.05, 0.1) is 0 Å². The molecule has 0 saturated heterocycles. The SMILES string of the molecule is CC(C)C1CCCC1.CC(C)C1CCCC1.[Cl][Ti][Cl]. The van der Waals surface area contributed by atoms with Gasteiger partial charge in [-0.3, -0.25) is 0 Å². The van der Waals surface area contributed by atoms with Crippen LogP contribution in [-0.4, -0.2) is 0 Å². The van der Waals surface area contributed by atoms with Crippen molar-refractivity contribution in [3.63, 3.8) is 0 Å². The van der Waals surface area contributed by atoms with Crippen LogP contribution in [0.5, 0.6) is 0 Å². The van der Waals surface area contributed by atoms with E-state index in [1.54, 1.807) is 0 Å². The predicted octanol–water partition coefficient (Wildman–Crippen LogP) is 7.04. The molecule has 19 heavy (non-hydrogen) atoms. The fraction of sp³-hybridized carbons (Fsp3) is 1.00. The molecule has 0 radical (unpaired) electrons. The average molecular weight is 343 g/mol. The second-order valence-corrected chi connectivity index (χ2v) is 9.23. The van der Waals surface area contributed by atoms with E-state index in [4.69, 9.17) is 18.6 Å². The summed E-state index contributed by atoms with van der Waals surface area (Å²) in [5, 5.41) is 0. The van der Waals surface area contributed by atoms with Gasteiger partial charge in [0, 0.05) is 0 Å². The molecule has 0 N–H and O–H groups in total. The Hall–Kier alpha value is 1.29. The van der Waals surface area contributed by atoms with Gasteiger partial charge in [-0.25, -0.2) is 0 Å². The molecule has 0 aromatic rings. The van der Waals surface area contributed by atoms with Gasteiger partial charge in [-0.15, -0.1) is 0 Å². The van der Waals surface area contributed by atoms with E-state index < -0.39 is 17.0 Å². The van der Waals surface area contributed by atoms with Crippen LogP contribution in [0.4, 0.5) is 0 Å². The topological polar surface area (TPSA) is 0 Å². The number of rotatable bonds is 2. The number of hydrogen-bond donors (Lipinski definition) is 0. The van der Waals surface area contributed by atoms with Crippen molar-refractivity contribution >= 4 is 18.6 Å². The zero-order valence-electron chi connectivity index (χ0n) is 13.2. The third-order valence-electron chi connectivity index (χ3n) is 4.69. The fourth-order valence-corrected chi connectivity index (χ4v) is 3.25. The Morgan fingerprint density at radius 3 is 1.00 bits per heavy atom. The molecule has 3 heteroatoms. The second-order valence-electron chi connectivity index (χ2n) is 6.65. The minimum absolute atomic E-state index is 0.556. The maximum absolute atomic E-state index is 4.89. The van der Waals surface area contributed by atoms with Crippen LogP contribution < -0.4 is 0 Å². The monoisotopic (exact) mass is 342 g/mol. The Balaban J connectivity index is 0.000000284. The summed E-state index contributed by atoms with van der Waals surface area (Å²) in [7, 11) is 9.78. The number of halogens is 2. The first-order valence-electron chi connectivity index (χ1n) is 7.99. The van der Waals surface area contributed by atoms with Crippen LogP contribution in [0.3, 0.4) is 0 Å². The summed E-state index contributed by atoms with van der Waals surface area (Å²) in [5.41, 5.74) is 0. The normalized spacial score (nSPS) is 20.0. The van der Waals surface area contributed by atoms with Crippen molar-refractivity contribution in [3.05, 3.63) is 0 Å². The van der Waals surface area contributed by atoms with Gasteiger partial charge < -0.3 is 0 Å². The van der Waals surface area contributed by atoms with Gasteiger partial charge in [0.15, 0.2) is 0 Å². The summed E-state index contributed by atoms with van der Waals surface area (Å²) in [6.07, 6.45) is 11.9. The van der Waals surface area contributed by atoms with Gasteiger partial charge in [-0.05, 0) is 23.7 Å². The van der Waals surface area contributed by atoms with Crippen LogP contribution in [-0.2, 0) is 17.0 Å². The zero-order valence-corrected chi connectivity index (χ0v) is 16.3. The Labute approximate surface area is 138 Å². The Kier molecular flexibility index (Phi) is 13.9.